The van der Waals surface area contributed by atoms with Gasteiger partial charge < -0.3 is 10.8 Å². The first-order valence-electron chi connectivity index (χ1n) is 4.82. The summed E-state index contributed by atoms with van der Waals surface area (Å²) in [6, 6.07) is 5.02. The first-order valence-corrected chi connectivity index (χ1v) is 5.99. The van der Waals surface area contributed by atoms with Crippen LogP contribution in [0.2, 0.25) is 5.02 Å². The summed E-state index contributed by atoms with van der Waals surface area (Å²) in [4.78, 5) is 0. The van der Waals surface area contributed by atoms with Crippen molar-refractivity contribution in [1.82, 2.24) is 0 Å². The fraction of sp³-hybridized carbons (Fsp3) is 0.455. The number of hydrogen-bond acceptors (Lipinski definition) is 2. The number of halogens is 2. The number of aliphatic hydroxyl groups excluding tert-OH is 1. The lowest BCUT2D eigenvalue weighted by Gasteiger charge is -2.23. The maximum absolute atomic E-state index is 9.86. The SMILES string of the molecule is CC(C)[C@@H](O)[C@@H](N)c1cc(Br)ccc1Cl. The first kappa shape index (κ1) is 13.0. The highest BCUT2D eigenvalue weighted by Crippen LogP contribution is 2.28. The predicted octanol–water partition coefficient (Wildman–Crippen LogP) is 3.12. The summed E-state index contributed by atoms with van der Waals surface area (Å²) in [5.74, 6) is 0.107. The van der Waals surface area contributed by atoms with Gasteiger partial charge in [0.15, 0.2) is 0 Å². The van der Waals surface area contributed by atoms with Crippen LogP contribution in [0.4, 0.5) is 0 Å². The Morgan fingerprint density at radius 1 is 1.40 bits per heavy atom. The van der Waals surface area contributed by atoms with Crippen molar-refractivity contribution in [1.29, 1.82) is 0 Å². The van der Waals surface area contributed by atoms with Gasteiger partial charge in [-0.2, -0.15) is 0 Å². The summed E-state index contributed by atoms with van der Waals surface area (Å²) < 4.78 is 0.910. The molecule has 0 bridgehead atoms. The molecule has 0 aliphatic rings. The molecule has 0 saturated heterocycles. The highest BCUT2D eigenvalue weighted by Gasteiger charge is 2.22. The summed E-state index contributed by atoms with van der Waals surface area (Å²) in [7, 11) is 0. The third-order valence-electron chi connectivity index (χ3n) is 2.37. The van der Waals surface area contributed by atoms with Crippen LogP contribution in [0.1, 0.15) is 25.5 Å². The van der Waals surface area contributed by atoms with E-state index in [9.17, 15) is 5.11 Å². The van der Waals surface area contributed by atoms with Gasteiger partial charge in [0.25, 0.3) is 0 Å². The van der Waals surface area contributed by atoms with Crippen molar-refractivity contribution in [2.75, 3.05) is 0 Å². The van der Waals surface area contributed by atoms with Gasteiger partial charge in [-0.3, -0.25) is 0 Å². The normalized spacial score (nSPS) is 15.4. The monoisotopic (exact) mass is 291 g/mol. The van der Waals surface area contributed by atoms with Crippen molar-refractivity contribution in [3.05, 3.63) is 33.3 Å². The van der Waals surface area contributed by atoms with E-state index in [4.69, 9.17) is 17.3 Å². The Labute approximate surface area is 104 Å². The molecule has 3 N–H and O–H groups in total. The highest BCUT2D eigenvalue weighted by molar-refractivity contribution is 9.10. The van der Waals surface area contributed by atoms with Crippen LogP contribution in [0.15, 0.2) is 22.7 Å². The van der Waals surface area contributed by atoms with E-state index in [1.807, 2.05) is 26.0 Å². The molecular weight excluding hydrogens is 277 g/mol. The van der Waals surface area contributed by atoms with Crippen LogP contribution in [0.5, 0.6) is 0 Å². The second-order valence-corrected chi connectivity index (χ2v) is 5.25. The van der Waals surface area contributed by atoms with Crippen LogP contribution in [0.25, 0.3) is 0 Å². The Bertz CT molecular complexity index is 343. The van der Waals surface area contributed by atoms with Gasteiger partial charge in [-0.05, 0) is 29.7 Å². The lowest BCUT2D eigenvalue weighted by Crippen LogP contribution is -2.30. The Balaban J connectivity index is 2.99. The van der Waals surface area contributed by atoms with Crippen molar-refractivity contribution < 1.29 is 5.11 Å². The maximum atomic E-state index is 9.86. The Morgan fingerprint density at radius 2 is 2.00 bits per heavy atom. The Morgan fingerprint density at radius 3 is 2.53 bits per heavy atom. The van der Waals surface area contributed by atoms with Crippen LogP contribution >= 0.6 is 27.5 Å². The van der Waals surface area contributed by atoms with Crippen LogP contribution in [0, 0.1) is 5.92 Å². The van der Waals surface area contributed by atoms with E-state index < -0.39 is 12.1 Å². The number of benzene rings is 1. The summed E-state index contributed by atoms with van der Waals surface area (Å²) in [5.41, 5.74) is 6.72. The molecule has 4 heteroatoms. The fourth-order valence-corrected chi connectivity index (χ4v) is 1.99. The van der Waals surface area contributed by atoms with Crippen molar-refractivity contribution in [2.45, 2.75) is 26.0 Å². The summed E-state index contributed by atoms with van der Waals surface area (Å²) in [6.45, 7) is 3.85. The third kappa shape index (κ3) is 3.18. The van der Waals surface area contributed by atoms with Crippen molar-refractivity contribution in [2.24, 2.45) is 11.7 Å². The Hall–Kier alpha value is -0.0900. The van der Waals surface area contributed by atoms with Gasteiger partial charge >= 0.3 is 0 Å². The van der Waals surface area contributed by atoms with Crippen molar-refractivity contribution in [3.63, 3.8) is 0 Å². The van der Waals surface area contributed by atoms with Gasteiger partial charge in [-0.25, -0.2) is 0 Å². The molecule has 0 aromatic heterocycles. The van der Waals surface area contributed by atoms with E-state index >= 15 is 0 Å². The van der Waals surface area contributed by atoms with E-state index in [2.05, 4.69) is 15.9 Å². The topological polar surface area (TPSA) is 46.2 Å². The summed E-state index contributed by atoms with van der Waals surface area (Å²) >= 11 is 9.38. The maximum Gasteiger partial charge on any atom is 0.0756 e. The van der Waals surface area contributed by atoms with E-state index in [1.54, 1.807) is 6.07 Å². The molecule has 1 aromatic rings. The molecule has 0 aliphatic heterocycles. The van der Waals surface area contributed by atoms with E-state index in [0.29, 0.717) is 5.02 Å². The van der Waals surface area contributed by atoms with Gasteiger partial charge in [-0.15, -0.1) is 0 Å². The lowest BCUT2D eigenvalue weighted by atomic mass is 9.94. The van der Waals surface area contributed by atoms with Crippen molar-refractivity contribution >= 4 is 27.5 Å². The molecule has 0 amide bonds. The van der Waals surface area contributed by atoms with Crippen molar-refractivity contribution in [3.8, 4) is 0 Å². The van der Waals surface area contributed by atoms with Crippen LogP contribution < -0.4 is 5.73 Å². The molecule has 2 atom stereocenters. The molecule has 0 spiro atoms. The van der Waals surface area contributed by atoms with E-state index in [0.717, 1.165) is 10.0 Å². The number of nitrogens with two attached hydrogens (primary N) is 1. The fourth-order valence-electron chi connectivity index (χ4n) is 1.37. The molecule has 1 rings (SSSR count). The molecule has 0 radical (unpaired) electrons. The first-order chi connectivity index (χ1) is 6.93. The summed E-state index contributed by atoms with van der Waals surface area (Å²) in [5, 5.41) is 10.5. The van der Waals surface area contributed by atoms with Gasteiger partial charge in [0.1, 0.15) is 0 Å². The quantitative estimate of drug-likeness (QED) is 0.899. The molecule has 2 nitrogen and oxygen atoms in total. The van der Waals surface area contributed by atoms with Gasteiger partial charge in [-0.1, -0.05) is 41.4 Å². The molecule has 15 heavy (non-hydrogen) atoms. The molecule has 0 heterocycles. The van der Waals surface area contributed by atoms with Gasteiger partial charge in [0.05, 0.1) is 12.1 Å². The zero-order valence-electron chi connectivity index (χ0n) is 8.74. The average molecular weight is 293 g/mol. The largest absolute Gasteiger partial charge is 0.391 e. The smallest absolute Gasteiger partial charge is 0.0756 e. The van der Waals surface area contributed by atoms with Crippen LogP contribution in [-0.4, -0.2) is 11.2 Å². The zero-order chi connectivity index (χ0) is 11.6. The second-order valence-electron chi connectivity index (χ2n) is 3.93. The highest BCUT2D eigenvalue weighted by atomic mass is 79.9. The Kier molecular flexibility index (Phi) is 4.59. The molecule has 0 unspecified atom stereocenters. The second kappa shape index (κ2) is 5.30. The number of rotatable bonds is 3. The number of aliphatic hydroxyl groups is 1. The van der Waals surface area contributed by atoms with Gasteiger partial charge in [0, 0.05) is 9.50 Å². The molecule has 0 saturated carbocycles. The van der Waals surface area contributed by atoms with Crippen LogP contribution in [0.3, 0.4) is 0 Å². The molecule has 84 valence electrons. The van der Waals surface area contributed by atoms with Crippen LogP contribution in [-0.2, 0) is 0 Å². The molecule has 1 aromatic carbocycles. The lowest BCUT2D eigenvalue weighted by molar-refractivity contribution is 0.0979. The minimum absolute atomic E-state index is 0.107. The minimum Gasteiger partial charge on any atom is -0.391 e. The molecule has 0 fully saturated rings. The standard InChI is InChI=1S/C11H15BrClNO/c1-6(2)11(15)10(14)8-5-7(12)3-4-9(8)13/h3-6,10-11,15H,14H2,1-2H3/t10-,11+/m0/s1. The predicted molar refractivity (Wildman–Crippen MR) is 66.9 cm³/mol. The van der Waals surface area contributed by atoms with E-state index in [1.165, 1.54) is 0 Å². The van der Waals surface area contributed by atoms with E-state index in [-0.39, 0.29) is 5.92 Å². The zero-order valence-corrected chi connectivity index (χ0v) is 11.1. The molecule has 0 aliphatic carbocycles. The minimum atomic E-state index is -0.586. The third-order valence-corrected chi connectivity index (χ3v) is 3.21. The summed E-state index contributed by atoms with van der Waals surface area (Å²) in [6.07, 6.45) is -0.586. The molecular formula is C11H15BrClNO. The van der Waals surface area contributed by atoms with Gasteiger partial charge in [0.2, 0.25) is 0 Å². The number of hydrogen-bond donors (Lipinski definition) is 2. The average Bonchev–Trinajstić information content (AvgIpc) is 2.19.